The van der Waals surface area contributed by atoms with E-state index in [4.69, 9.17) is 9.47 Å². The zero-order chi connectivity index (χ0) is 21.0. The highest BCUT2D eigenvalue weighted by molar-refractivity contribution is 14.0. The third kappa shape index (κ3) is 8.49. The lowest BCUT2D eigenvalue weighted by molar-refractivity contribution is 0.339. The van der Waals surface area contributed by atoms with Crippen molar-refractivity contribution in [3.63, 3.8) is 0 Å². The first-order valence-corrected chi connectivity index (χ1v) is 10.3. The number of nitrogens with zero attached hydrogens (tertiary/aromatic N) is 3. The van der Waals surface area contributed by atoms with Crippen LogP contribution >= 0.6 is 24.0 Å². The van der Waals surface area contributed by atoms with Gasteiger partial charge in [-0.05, 0) is 61.9 Å². The van der Waals surface area contributed by atoms with Gasteiger partial charge in [-0.25, -0.2) is 9.98 Å². The number of guanidine groups is 1. The normalized spacial score (nSPS) is 10.8. The lowest BCUT2D eigenvalue weighted by Crippen LogP contribution is -2.38. The molecule has 0 amide bonds. The Morgan fingerprint density at radius 1 is 1.03 bits per heavy atom. The summed E-state index contributed by atoms with van der Waals surface area (Å²) in [6, 6.07) is 15.4. The molecule has 3 rings (SSSR count). The number of rotatable bonds is 10. The maximum absolute atomic E-state index is 5.86. The van der Waals surface area contributed by atoms with E-state index in [0.29, 0.717) is 24.8 Å². The van der Waals surface area contributed by atoms with Crippen molar-refractivity contribution in [3.05, 3.63) is 72.7 Å². The number of aliphatic imine (C=N–C) groups is 1. The number of hydrogen-bond donors (Lipinski definition) is 2. The van der Waals surface area contributed by atoms with Crippen LogP contribution in [0.1, 0.15) is 19.4 Å². The topological polar surface area (TPSA) is 72.7 Å². The molecule has 166 valence electrons. The van der Waals surface area contributed by atoms with Crippen molar-refractivity contribution in [1.29, 1.82) is 0 Å². The number of ether oxygens (including phenoxy) is 2. The summed E-state index contributed by atoms with van der Waals surface area (Å²) < 4.78 is 13.4. The van der Waals surface area contributed by atoms with Gasteiger partial charge in [0.05, 0.1) is 13.2 Å². The molecule has 3 aromatic rings. The summed E-state index contributed by atoms with van der Waals surface area (Å²) in [6.07, 6.45) is 5.84. The van der Waals surface area contributed by atoms with Gasteiger partial charge in [0, 0.05) is 44.3 Å². The third-order valence-electron chi connectivity index (χ3n) is 4.25. The molecule has 0 spiro atoms. The van der Waals surface area contributed by atoms with Crippen molar-refractivity contribution in [1.82, 2.24) is 20.2 Å². The molecule has 0 saturated heterocycles. The minimum atomic E-state index is 0. The molecule has 0 atom stereocenters. The average Bonchev–Trinajstić information content (AvgIpc) is 3.27. The average molecular weight is 535 g/mol. The van der Waals surface area contributed by atoms with Crippen LogP contribution in [-0.4, -0.2) is 35.2 Å². The van der Waals surface area contributed by atoms with Crippen LogP contribution in [0.5, 0.6) is 17.4 Å². The number of benzene rings is 1. The minimum absolute atomic E-state index is 0. The molecule has 0 aliphatic heterocycles. The van der Waals surface area contributed by atoms with Gasteiger partial charge in [-0.15, -0.1) is 24.0 Å². The summed E-state index contributed by atoms with van der Waals surface area (Å²) in [5, 5.41) is 6.63. The maximum Gasteiger partial charge on any atom is 0.219 e. The van der Waals surface area contributed by atoms with E-state index >= 15 is 0 Å². The monoisotopic (exact) mass is 535 g/mol. The van der Waals surface area contributed by atoms with Crippen molar-refractivity contribution in [3.8, 4) is 17.4 Å². The zero-order valence-corrected chi connectivity index (χ0v) is 20.3. The summed E-state index contributed by atoms with van der Waals surface area (Å²) in [7, 11) is 0. The van der Waals surface area contributed by atoms with Crippen LogP contribution in [0.15, 0.2) is 72.1 Å². The van der Waals surface area contributed by atoms with Crippen molar-refractivity contribution in [2.45, 2.75) is 26.9 Å². The molecule has 8 heteroatoms. The molecule has 2 N–H and O–H groups in total. The van der Waals surface area contributed by atoms with Gasteiger partial charge < -0.3 is 24.7 Å². The lowest BCUT2D eigenvalue weighted by Gasteiger charge is -2.12. The maximum atomic E-state index is 5.86. The predicted molar refractivity (Wildman–Crippen MR) is 135 cm³/mol. The first-order valence-electron chi connectivity index (χ1n) is 10.3. The summed E-state index contributed by atoms with van der Waals surface area (Å²) >= 11 is 0. The van der Waals surface area contributed by atoms with E-state index in [-0.39, 0.29) is 24.0 Å². The van der Waals surface area contributed by atoms with Gasteiger partial charge in [0.1, 0.15) is 11.5 Å². The van der Waals surface area contributed by atoms with Crippen LogP contribution in [0.2, 0.25) is 0 Å². The number of hydrogen-bond acceptors (Lipinski definition) is 4. The van der Waals surface area contributed by atoms with E-state index in [1.54, 1.807) is 6.20 Å². The SMILES string of the molecule is CCNC(=NCc1ccnc(Oc2ccc(OCC)cc2)c1)NCCn1cccc1.I. The summed E-state index contributed by atoms with van der Waals surface area (Å²) in [5.41, 5.74) is 1.02. The first kappa shape index (κ1) is 24.5. The van der Waals surface area contributed by atoms with E-state index in [1.165, 1.54) is 0 Å². The van der Waals surface area contributed by atoms with Crippen molar-refractivity contribution < 1.29 is 9.47 Å². The van der Waals surface area contributed by atoms with E-state index < -0.39 is 0 Å². The molecule has 0 fully saturated rings. The smallest absolute Gasteiger partial charge is 0.219 e. The van der Waals surface area contributed by atoms with Gasteiger partial charge >= 0.3 is 0 Å². The highest BCUT2D eigenvalue weighted by Gasteiger charge is 2.03. The van der Waals surface area contributed by atoms with Crippen LogP contribution in [0.3, 0.4) is 0 Å². The lowest BCUT2D eigenvalue weighted by atomic mass is 10.2. The molecular formula is C23H30IN5O2. The predicted octanol–water partition coefficient (Wildman–Crippen LogP) is 4.45. The Bertz CT molecular complexity index is 914. The molecule has 0 aliphatic carbocycles. The van der Waals surface area contributed by atoms with Gasteiger partial charge in [-0.3, -0.25) is 0 Å². The minimum Gasteiger partial charge on any atom is -0.494 e. The standard InChI is InChI=1S/C23H29N5O2.HI/c1-3-24-23(26-13-16-28-14-5-6-15-28)27-18-19-11-12-25-22(17-19)30-21-9-7-20(8-10-21)29-4-2;/h5-12,14-15,17H,3-4,13,16,18H2,1-2H3,(H2,24,26,27);1H. The van der Waals surface area contributed by atoms with Gasteiger partial charge in [0.2, 0.25) is 5.88 Å². The third-order valence-corrected chi connectivity index (χ3v) is 4.25. The fraction of sp³-hybridized carbons (Fsp3) is 0.304. The molecule has 7 nitrogen and oxygen atoms in total. The molecule has 0 saturated carbocycles. The van der Waals surface area contributed by atoms with E-state index in [0.717, 1.165) is 36.9 Å². The number of nitrogens with one attached hydrogen (secondary N) is 2. The van der Waals surface area contributed by atoms with Crippen molar-refractivity contribution in [2.75, 3.05) is 19.7 Å². The molecule has 0 aliphatic rings. The van der Waals surface area contributed by atoms with Crippen LogP contribution in [0, 0.1) is 0 Å². The Kier molecular flexibility index (Phi) is 10.7. The molecule has 2 aromatic heterocycles. The van der Waals surface area contributed by atoms with Crippen LogP contribution in [0.25, 0.3) is 0 Å². The van der Waals surface area contributed by atoms with Gasteiger partial charge in [0.25, 0.3) is 0 Å². The molecule has 0 radical (unpaired) electrons. The second-order valence-corrected chi connectivity index (χ2v) is 6.55. The Balaban J connectivity index is 0.00000341. The molecule has 0 unspecified atom stereocenters. The number of aromatic nitrogens is 2. The second-order valence-electron chi connectivity index (χ2n) is 6.55. The summed E-state index contributed by atoms with van der Waals surface area (Å²) in [6.45, 7) is 7.66. The Hall–Kier alpha value is -2.75. The fourth-order valence-corrected chi connectivity index (χ4v) is 2.83. The highest BCUT2D eigenvalue weighted by Crippen LogP contribution is 2.23. The fourth-order valence-electron chi connectivity index (χ4n) is 2.83. The first-order chi connectivity index (χ1) is 14.8. The molecule has 2 heterocycles. The van der Waals surface area contributed by atoms with Crippen LogP contribution in [-0.2, 0) is 13.1 Å². The van der Waals surface area contributed by atoms with Gasteiger partial charge in [-0.2, -0.15) is 0 Å². The second kappa shape index (κ2) is 13.5. The van der Waals surface area contributed by atoms with Crippen molar-refractivity contribution >= 4 is 29.9 Å². The molecule has 31 heavy (non-hydrogen) atoms. The van der Waals surface area contributed by atoms with Crippen LogP contribution < -0.4 is 20.1 Å². The largest absolute Gasteiger partial charge is 0.494 e. The van der Waals surface area contributed by atoms with E-state index in [1.807, 2.05) is 55.5 Å². The van der Waals surface area contributed by atoms with Gasteiger partial charge in [0.15, 0.2) is 5.96 Å². The molecular weight excluding hydrogens is 505 g/mol. The number of halogens is 1. The zero-order valence-electron chi connectivity index (χ0n) is 18.0. The molecule has 1 aromatic carbocycles. The summed E-state index contributed by atoms with van der Waals surface area (Å²) in [4.78, 5) is 8.97. The quantitative estimate of drug-likeness (QED) is 0.228. The Morgan fingerprint density at radius 2 is 1.77 bits per heavy atom. The van der Waals surface area contributed by atoms with E-state index in [2.05, 4.69) is 44.5 Å². The molecule has 0 bridgehead atoms. The van der Waals surface area contributed by atoms with E-state index in [9.17, 15) is 0 Å². The van der Waals surface area contributed by atoms with Gasteiger partial charge in [-0.1, -0.05) is 0 Å². The Morgan fingerprint density at radius 3 is 2.48 bits per heavy atom. The van der Waals surface area contributed by atoms with Crippen molar-refractivity contribution in [2.24, 2.45) is 4.99 Å². The summed E-state index contributed by atoms with van der Waals surface area (Å²) in [5.74, 6) is 2.86. The number of pyridine rings is 1. The van der Waals surface area contributed by atoms with Crippen LogP contribution in [0.4, 0.5) is 0 Å². The highest BCUT2D eigenvalue weighted by atomic mass is 127. The Labute approximate surface area is 200 Å².